The number of nitrogens with zero attached hydrogens (tertiary/aromatic N) is 1. The number of Topliss-reactive ketones (excluding diaryl/α,β-unsaturated/α-hetero) is 2. The molecule has 4 atom stereocenters. The summed E-state index contributed by atoms with van der Waals surface area (Å²) in [5.41, 5.74) is 3.97. The SMILES string of the molecule is CC1=C[C@@H]2N(c3ccc(C)cc31)[C@H](C(=O)C(C)(C)C)[C@H](C(=O)c1ccc(Br)cc1)[C@]21C(=O)Nc2ccccc21. The van der Waals surface area contributed by atoms with E-state index >= 15 is 0 Å². The van der Waals surface area contributed by atoms with Crippen molar-refractivity contribution in [3.05, 3.63) is 99.5 Å². The molecule has 3 aromatic carbocycles. The number of para-hydroxylation sites is 1. The van der Waals surface area contributed by atoms with Crippen molar-refractivity contribution in [2.45, 2.75) is 52.1 Å². The Morgan fingerprint density at radius 2 is 1.67 bits per heavy atom. The molecule has 0 aliphatic carbocycles. The van der Waals surface area contributed by atoms with E-state index in [1.165, 1.54) is 0 Å². The molecular weight excluding hydrogens is 552 g/mol. The molecule has 0 aromatic heterocycles. The van der Waals surface area contributed by atoms with Crippen LogP contribution in [0.2, 0.25) is 0 Å². The molecule has 1 amide bonds. The van der Waals surface area contributed by atoms with E-state index in [9.17, 15) is 14.4 Å². The van der Waals surface area contributed by atoms with Crippen LogP contribution >= 0.6 is 15.9 Å². The van der Waals surface area contributed by atoms with Gasteiger partial charge in [-0.3, -0.25) is 14.4 Å². The average molecular weight is 584 g/mol. The Morgan fingerprint density at radius 3 is 2.36 bits per heavy atom. The second kappa shape index (κ2) is 8.75. The smallest absolute Gasteiger partial charge is 0.238 e. The molecule has 3 aliphatic rings. The summed E-state index contributed by atoms with van der Waals surface area (Å²) in [6.45, 7) is 9.76. The summed E-state index contributed by atoms with van der Waals surface area (Å²) in [6.07, 6.45) is 2.10. The van der Waals surface area contributed by atoms with Crippen LogP contribution in [0.3, 0.4) is 0 Å². The van der Waals surface area contributed by atoms with Gasteiger partial charge >= 0.3 is 0 Å². The third kappa shape index (κ3) is 3.61. The molecule has 0 radical (unpaired) electrons. The van der Waals surface area contributed by atoms with Gasteiger partial charge in [0, 0.05) is 32.4 Å². The predicted molar refractivity (Wildman–Crippen MR) is 158 cm³/mol. The van der Waals surface area contributed by atoms with E-state index in [1.54, 1.807) is 12.1 Å². The monoisotopic (exact) mass is 582 g/mol. The van der Waals surface area contributed by atoms with E-state index in [0.29, 0.717) is 11.3 Å². The standard InChI is InChI=1S/C33H31BrN2O3/c1-18-10-15-25-22(16-18)19(2)17-26-33(23-8-6-7-9-24(23)35-31(33)39)27(28(36(25)26)30(38)32(3,4)5)29(37)20-11-13-21(34)14-12-20/h6-17,26-28H,1-5H3,(H,35,39)/t26-,27+,28-,33+/m0/s1. The van der Waals surface area contributed by atoms with Gasteiger partial charge in [0.25, 0.3) is 0 Å². The minimum atomic E-state index is -1.28. The van der Waals surface area contributed by atoms with Crippen LogP contribution in [0.5, 0.6) is 0 Å². The van der Waals surface area contributed by atoms with Gasteiger partial charge < -0.3 is 10.2 Å². The van der Waals surface area contributed by atoms with Crippen molar-refractivity contribution in [1.29, 1.82) is 0 Å². The second-order valence-electron chi connectivity index (χ2n) is 12.0. The number of allylic oxidation sites excluding steroid dienone is 1. The number of nitrogens with one attached hydrogen (secondary N) is 1. The minimum absolute atomic E-state index is 0.0588. The average Bonchev–Trinajstić information content (AvgIpc) is 3.35. The van der Waals surface area contributed by atoms with E-state index in [2.05, 4.69) is 38.3 Å². The third-order valence-corrected chi connectivity index (χ3v) is 9.08. The minimum Gasteiger partial charge on any atom is -0.352 e. The van der Waals surface area contributed by atoms with Crippen molar-refractivity contribution in [2.75, 3.05) is 10.2 Å². The van der Waals surface area contributed by atoms with E-state index in [0.717, 1.165) is 32.4 Å². The lowest BCUT2D eigenvalue weighted by molar-refractivity contribution is -0.128. The van der Waals surface area contributed by atoms with Crippen molar-refractivity contribution in [2.24, 2.45) is 11.3 Å². The summed E-state index contributed by atoms with van der Waals surface area (Å²) >= 11 is 3.46. The fourth-order valence-corrected chi connectivity index (χ4v) is 7.05. The fraction of sp³-hybridized carbons (Fsp3) is 0.303. The van der Waals surface area contributed by atoms with Crippen molar-refractivity contribution in [1.82, 2.24) is 0 Å². The van der Waals surface area contributed by atoms with Crippen molar-refractivity contribution >= 4 is 50.4 Å². The first-order valence-electron chi connectivity index (χ1n) is 13.3. The highest BCUT2D eigenvalue weighted by Gasteiger charge is 2.71. The number of aryl methyl sites for hydroxylation is 1. The molecule has 6 rings (SSSR count). The topological polar surface area (TPSA) is 66.5 Å². The van der Waals surface area contributed by atoms with Crippen LogP contribution < -0.4 is 10.2 Å². The maximum absolute atomic E-state index is 14.7. The summed E-state index contributed by atoms with van der Waals surface area (Å²) in [6, 6.07) is 19.6. The Hall–Kier alpha value is -3.51. The number of fused-ring (bicyclic) bond motifs is 6. The maximum atomic E-state index is 14.7. The normalized spacial score (nSPS) is 25.1. The van der Waals surface area contributed by atoms with Gasteiger partial charge in [-0.2, -0.15) is 0 Å². The van der Waals surface area contributed by atoms with Gasteiger partial charge in [0.05, 0.1) is 12.0 Å². The number of amides is 1. The van der Waals surface area contributed by atoms with E-state index < -0.39 is 28.8 Å². The Bertz CT molecular complexity index is 1580. The Morgan fingerprint density at radius 1 is 0.974 bits per heavy atom. The predicted octanol–water partition coefficient (Wildman–Crippen LogP) is 6.74. The number of anilines is 2. The molecule has 6 heteroatoms. The highest BCUT2D eigenvalue weighted by Crippen LogP contribution is 2.59. The summed E-state index contributed by atoms with van der Waals surface area (Å²) in [5, 5.41) is 3.09. The number of carbonyl (C=O) groups excluding carboxylic acids is 3. The summed E-state index contributed by atoms with van der Waals surface area (Å²) in [4.78, 5) is 45.6. The van der Waals surface area contributed by atoms with Gasteiger partial charge in [-0.1, -0.05) is 84.7 Å². The van der Waals surface area contributed by atoms with Gasteiger partial charge in [0.2, 0.25) is 5.91 Å². The van der Waals surface area contributed by atoms with Crippen LogP contribution in [0, 0.1) is 18.3 Å². The zero-order valence-electron chi connectivity index (χ0n) is 22.7. The molecule has 3 aliphatic heterocycles. The maximum Gasteiger partial charge on any atom is 0.238 e. The highest BCUT2D eigenvalue weighted by atomic mass is 79.9. The number of ketones is 2. The lowest BCUT2D eigenvalue weighted by Gasteiger charge is -2.40. The van der Waals surface area contributed by atoms with E-state index in [1.807, 2.05) is 83.1 Å². The first-order chi connectivity index (χ1) is 18.5. The van der Waals surface area contributed by atoms with Crippen LogP contribution in [-0.4, -0.2) is 29.6 Å². The zero-order chi connectivity index (χ0) is 27.9. The molecule has 1 N–H and O–H groups in total. The van der Waals surface area contributed by atoms with Crippen molar-refractivity contribution in [3.8, 4) is 0 Å². The van der Waals surface area contributed by atoms with Crippen LogP contribution in [0.15, 0.2) is 77.3 Å². The van der Waals surface area contributed by atoms with Gasteiger partial charge in [0.15, 0.2) is 11.6 Å². The fourth-order valence-electron chi connectivity index (χ4n) is 6.78. The molecule has 3 aromatic rings. The van der Waals surface area contributed by atoms with Crippen LogP contribution in [0.25, 0.3) is 5.57 Å². The number of hydrogen-bond donors (Lipinski definition) is 1. The molecule has 0 bridgehead atoms. The highest BCUT2D eigenvalue weighted by molar-refractivity contribution is 9.10. The number of rotatable bonds is 3. The molecular formula is C33H31BrN2O3. The molecule has 39 heavy (non-hydrogen) atoms. The molecule has 3 heterocycles. The molecule has 1 fully saturated rings. The lowest BCUT2D eigenvalue weighted by Crippen LogP contribution is -2.51. The third-order valence-electron chi connectivity index (χ3n) is 8.55. The zero-order valence-corrected chi connectivity index (χ0v) is 24.3. The van der Waals surface area contributed by atoms with Gasteiger partial charge in [-0.05, 0) is 55.3 Å². The molecule has 1 spiro atoms. The van der Waals surface area contributed by atoms with E-state index in [4.69, 9.17) is 0 Å². The quantitative estimate of drug-likeness (QED) is 0.347. The Labute approximate surface area is 237 Å². The summed E-state index contributed by atoms with van der Waals surface area (Å²) in [7, 11) is 0. The molecule has 0 saturated carbocycles. The summed E-state index contributed by atoms with van der Waals surface area (Å²) < 4.78 is 0.853. The number of benzene rings is 3. The Balaban J connectivity index is 1.70. The van der Waals surface area contributed by atoms with Crippen LogP contribution in [-0.2, 0) is 15.0 Å². The number of halogens is 1. The van der Waals surface area contributed by atoms with Gasteiger partial charge in [-0.25, -0.2) is 0 Å². The van der Waals surface area contributed by atoms with Crippen molar-refractivity contribution in [3.63, 3.8) is 0 Å². The Kier molecular flexibility index (Phi) is 5.78. The van der Waals surface area contributed by atoms with Gasteiger partial charge in [0.1, 0.15) is 11.5 Å². The molecule has 1 saturated heterocycles. The van der Waals surface area contributed by atoms with Crippen LogP contribution in [0.1, 0.15) is 54.7 Å². The van der Waals surface area contributed by atoms with Gasteiger partial charge in [-0.15, -0.1) is 0 Å². The number of carbonyl (C=O) groups is 3. The second-order valence-corrected chi connectivity index (χ2v) is 12.9. The first kappa shape index (κ1) is 25.8. The number of hydrogen-bond acceptors (Lipinski definition) is 4. The largest absolute Gasteiger partial charge is 0.352 e. The van der Waals surface area contributed by atoms with Crippen LogP contribution in [0.4, 0.5) is 11.4 Å². The van der Waals surface area contributed by atoms with E-state index in [-0.39, 0.29) is 17.5 Å². The lowest BCUT2D eigenvalue weighted by atomic mass is 9.63. The molecule has 5 nitrogen and oxygen atoms in total. The summed E-state index contributed by atoms with van der Waals surface area (Å²) in [5.74, 6) is -1.43. The first-order valence-corrected chi connectivity index (χ1v) is 14.1. The molecule has 0 unspecified atom stereocenters. The molecule has 198 valence electrons. The van der Waals surface area contributed by atoms with Crippen molar-refractivity contribution < 1.29 is 14.4 Å².